The van der Waals surface area contributed by atoms with Gasteiger partial charge in [-0.05, 0) is 37.1 Å². The largest absolute Gasteiger partial charge is 0.496 e. The van der Waals surface area contributed by atoms with Crippen LogP contribution in [0.1, 0.15) is 33.7 Å². The number of methoxy groups -OCH3 is 2. The number of nitrogens with one attached hydrogen (secondary N) is 2. The number of hydrogen-bond donors (Lipinski definition) is 2. The summed E-state index contributed by atoms with van der Waals surface area (Å²) >= 11 is 0. The Morgan fingerprint density at radius 3 is 2.43 bits per heavy atom. The van der Waals surface area contributed by atoms with Crippen molar-refractivity contribution in [3.05, 3.63) is 78.2 Å². The Labute approximate surface area is 202 Å². The van der Waals surface area contributed by atoms with Crippen LogP contribution in [0.5, 0.6) is 5.75 Å². The minimum absolute atomic E-state index is 0.165. The third-order valence-corrected chi connectivity index (χ3v) is 5.86. The molecule has 1 aliphatic carbocycles. The molecule has 0 saturated heterocycles. The van der Waals surface area contributed by atoms with Crippen molar-refractivity contribution in [2.75, 3.05) is 19.5 Å². The van der Waals surface area contributed by atoms with Crippen LogP contribution >= 0.6 is 0 Å². The lowest BCUT2D eigenvalue weighted by Gasteiger charge is -2.17. The highest BCUT2D eigenvalue weighted by Gasteiger charge is 2.26. The molecule has 5 rings (SSSR count). The Morgan fingerprint density at radius 2 is 1.77 bits per heavy atom. The second-order valence-electron chi connectivity index (χ2n) is 8.28. The number of hydrogen-bond acceptors (Lipinski definition) is 7. The number of aromatic nitrogens is 2. The lowest BCUT2D eigenvalue weighted by atomic mass is 10.0. The van der Waals surface area contributed by atoms with E-state index >= 15 is 0 Å². The number of nitrogens with zero attached hydrogens (tertiary/aromatic N) is 2. The number of amides is 1. The molecule has 1 saturated carbocycles. The van der Waals surface area contributed by atoms with Gasteiger partial charge >= 0.3 is 5.97 Å². The summed E-state index contributed by atoms with van der Waals surface area (Å²) in [6.45, 7) is 0. The summed E-state index contributed by atoms with van der Waals surface area (Å²) in [5.41, 5.74) is 4.35. The van der Waals surface area contributed by atoms with Crippen molar-refractivity contribution in [1.82, 2.24) is 15.3 Å². The zero-order chi connectivity index (χ0) is 24.4. The first-order chi connectivity index (χ1) is 17.1. The first-order valence-electron chi connectivity index (χ1n) is 11.3. The van der Waals surface area contributed by atoms with E-state index in [1.165, 1.54) is 7.11 Å². The fourth-order valence-electron chi connectivity index (χ4n) is 3.86. The van der Waals surface area contributed by atoms with Crippen molar-refractivity contribution in [2.24, 2.45) is 0 Å². The van der Waals surface area contributed by atoms with Gasteiger partial charge in [0, 0.05) is 46.7 Å². The maximum atomic E-state index is 13.1. The standard InChI is InChI=1S/C27H24N4O4/c1-34-24-13-23-20(12-19(24)16-8-11-22(28-14-16)27(33)35-2)25(30-17-6-4-3-5-7-17)21(15-29-23)26(32)31-18-9-10-18/h3-8,11-15,18H,9-10H2,1-2H3,(H,29,30)(H,31,32). The summed E-state index contributed by atoms with van der Waals surface area (Å²) in [6, 6.07) is 17.0. The number of fused-ring (bicyclic) bond motifs is 1. The number of pyridine rings is 2. The second kappa shape index (κ2) is 9.42. The quantitative estimate of drug-likeness (QED) is 0.378. The van der Waals surface area contributed by atoms with Crippen molar-refractivity contribution < 1.29 is 19.1 Å². The van der Waals surface area contributed by atoms with Gasteiger partial charge in [-0.1, -0.05) is 24.3 Å². The van der Waals surface area contributed by atoms with Gasteiger partial charge in [-0.3, -0.25) is 9.78 Å². The van der Waals surface area contributed by atoms with E-state index in [1.54, 1.807) is 31.6 Å². The molecule has 0 unspecified atom stereocenters. The number of carbonyl (C=O) groups excluding carboxylic acids is 2. The lowest BCUT2D eigenvalue weighted by Crippen LogP contribution is -2.26. The van der Waals surface area contributed by atoms with Crippen LogP contribution in [0.2, 0.25) is 0 Å². The smallest absolute Gasteiger partial charge is 0.356 e. The molecule has 0 radical (unpaired) electrons. The maximum absolute atomic E-state index is 13.1. The van der Waals surface area contributed by atoms with E-state index in [9.17, 15) is 9.59 Å². The number of benzene rings is 2. The number of ether oxygens (including phenoxy) is 2. The van der Waals surface area contributed by atoms with Crippen LogP contribution in [0.25, 0.3) is 22.0 Å². The molecule has 8 nitrogen and oxygen atoms in total. The molecule has 2 N–H and O–H groups in total. The predicted octanol–water partition coefficient (Wildman–Crippen LogP) is 4.73. The molecule has 8 heteroatoms. The van der Waals surface area contributed by atoms with Crippen LogP contribution in [0.4, 0.5) is 11.4 Å². The van der Waals surface area contributed by atoms with Gasteiger partial charge in [-0.25, -0.2) is 9.78 Å². The minimum atomic E-state index is -0.508. The van der Waals surface area contributed by atoms with Gasteiger partial charge < -0.3 is 20.1 Å². The normalized spacial score (nSPS) is 12.7. The van der Waals surface area contributed by atoms with E-state index in [4.69, 9.17) is 9.47 Å². The first-order valence-corrected chi connectivity index (χ1v) is 11.3. The molecule has 2 aromatic heterocycles. The lowest BCUT2D eigenvalue weighted by molar-refractivity contribution is 0.0594. The summed E-state index contributed by atoms with van der Waals surface area (Å²) in [7, 11) is 2.90. The molecule has 1 aliphatic rings. The van der Waals surface area contributed by atoms with E-state index in [2.05, 4.69) is 20.6 Å². The molecule has 4 aromatic rings. The zero-order valence-corrected chi connectivity index (χ0v) is 19.4. The van der Waals surface area contributed by atoms with Gasteiger partial charge in [-0.2, -0.15) is 0 Å². The van der Waals surface area contributed by atoms with Crippen LogP contribution in [0.3, 0.4) is 0 Å². The Bertz CT molecular complexity index is 1400. The zero-order valence-electron chi connectivity index (χ0n) is 19.4. The summed E-state index contributed by atoms with van der Waals surface area (Å²) in [5.74, 6) is -0.0767. The topological polar surface area (TPSA) is 102 Å². The minimum Gasteiger partial charge on any atom is -0.496 e. The molecule has 0 atom stereocenters. The number of rotatable bonds is 7. The van der Waals surface area contributed by atoms with E-state index in [0.717, 1.165) is 35.0 Å². The molecule has 176 valence electrons. The first kappa shape index (κ1) is 22.3. The molecule has 0 aliphatic heterocycles. The third-order valence-electron chi connectivity index (χ3n) is 5.86. The van der Waals surface area contributed by atoms with Gasteiger partial charge in [-0.15, -0.1) is 0 Å². The molecular formula is C27H24N4O4. The van der Waals surface area contributed by atoms with Gasteiger partial charge in [0.05, 0.1) is 31.0 Å². The van der Waals surface area contributed by atoms with Crippen LogP contribution in [0, 0.1) is 0 Å². The van der Waals surface area contributed by atoms with Gasteiger partial charge in [0.2, 0.25) is 0 Å². The van der Waals surface area contributed by atoms with Gasteiger partial charge in [0.15, 0.2) is 0 Å². The average Bonchev–Trinajstić information content (AvgIpc) is 3.72. The highest BCUT2D eigenvalue weighted by Crippen LogP contribution is 2.38. The molecule has 1 amide bonds. The molecule has 35 heavy (non-hydrogen) atoms. The van der Waals surface area contributed by atoms with Crippen molar-refractivity contribution in [2.45, 2.75) is 18.9 Å². The Hall–Kier alpha value is -4.46. The van der Waals surface area contributed by atoms with Crippen LogP contribution < -0.4 is 15.4 Å². The number of carbonyl (C=O) groups is 2. The van der Waals surface area contributed by atoms with E-state index < -0.39 is 5.97 Å². The van der Waals surface area contributed by atoms with Gasteiger partial charge in [0.25, 0.3) is 5.91 Å². The number of anilines is 2. The van der Waals surface area contributed by atoms with Crippen molar-refractivity contribution in [3.8, 4) is 16.9 Å². The van der Waals surface area contributed by atoms with Gasteiger partial charge in [0.1, 0.15) is 11.4 Å². The summed E-state index contributed by atoms with van der Waals surface area (Å²) < 4.78 is 10.4. The Morgan fingerprint density at radius 1 is 0.971 bits per heavy atom. The molecule has 2 heterocycles. The predicted molar refractivity (Wildman–Crippen MR) is 133 cm³/mol. The Kier molecular flexibility index (Phi) is 6.01. The molecule has 0 bridgehead atoms. The molecular weight excluding hydrogens is 444 g/mol. The number of para-hydroxylation sites is 1. The summed E-state index contributed by atoms with van der Waals surface area (Å²) in [6.07, 6.45) is 5.17. The molecule has 0 spiro atoms. The van der Waals surface area contributed by atoms with E-state index in [1.807, 2.05) is 42.5 Å². The second-order valence-corrected chi connectivity index (χ2v) is 8.28. The highest BCUT2D eigenvalue weighted by atomic mass is 16.5. The summed E-state index contributed by atoms with van der Waals surface area (Å²) in [4.78, 5) is 33.7. The average molecular weight is 469 g/mol. The van der Waals surface area contributed by atoms with Crippen molar-refractivity contribution in [1.29, 1.82) is 0 Å². The van der Waals surface area contributed by atoms with Crippen molar-refractivity contribution >= 4 is 34.2 Å². The fraction of sp³-hybridized carbons (Fsp3) is 0.185. The third kappa shape index (κ3) is 4.63. The van der Waals surface area contributed by atoms with Crippen LogP contribution in [0.15, 0.2) is 67.0 Å². The molecule has 1 fully saturated rings. The monoisotopic (exact) mass is 468 g/mol. The maximum Gasteiger partial charge on any atom is 0.356 e. The summed E-state index contributed by atoms with van der Waals surface area (Å²) in [5, 5.41) is 7.23. The van der Waals surface area contributed by atoms with Crippen molar-refractivity contribution in [3.63, 3.8) is 0 Å². The molecule has 2 aromatic carbocycles. The van der Waals surface area contributed by atoms with E-state index in [-0.39, 0.29) is 17.6 Å². The fourth-order valence-corrected chi connectivity index (χ4v) is 3.86. The Balaban J connectivity index is 1.66. The van der Waals surface area contributed by atoms with Crippen LogP contribution in [-0.2, 0) is 4.74 Å². The van der Waals surface area contributed by atoms with E-state index in [0.29, 0.717) is 22.5 Å². The highest BCUT2D eigenvalue weighted by molar-refractivity contribution is 6.09. The number of esters is 1. The SMILES string of the molecule is COC(=O)c1ccc(-c2cc3c(Nc4ccccc4)c(C(=O)NC4CC4)cnc3cc2OC)cn1. The van der Waals surface area contributed by atoms with Crippen LogP contribution in [-0.4, -0.2) is 42.1 Å².